The van der Waals surface area contributed by atoms with Crippen LogP contribution in [0.25, 0.3) is 0 Å². The molecule has 3 rings (SSSR count). The number of aryl methyl sites for hydroxylation is 1. The van der Waals surface area contributed by atoms with Gasteiger partial charge in [0, 0.05) is 25.3 Å². The fourth-order valence-corrected chi connectivity index (χ4v) is 3.03. The first-order valence-electron chi connectivity index (χ1n) is 6.29. The predicted octanol–water partition coefficient (Wildman–Crippen LogP) is 1.22. The van der Waals surface area contributed by atoms with Crippen LogP contribution in [0.4, 0.5) is 10.7 Å². The molecule has 6 heteroatoms. The van der Waals surface area contributed by atoms with Gasteiger partial charge >= 0.3 is 6.03 Å². The number of carbonyl (C=O) groups excluding carboxylic acids is 1. The summed E-state index contributed by atoms with van der Waals surface area (Å²) in [6.07, 6.45) is 1.94. The van der Waals surface area contributed by atoms with Gasteiger partial charge in [0.2, 0.25) is 5.88 Å². The minimum atomic E-state index is -0.133. The highest BCUT2D eigenvalue weighted by molar-refractivity contribution is 5.88. The molecule has 2 amide bonds. The normalized spacial score (nSPS) is 29.9. The SMILES string of the molecule is Cc1cc(NC(=O)N2C[C@@H]3C[C@@H](CO)C[C@@H]32)on1. The standard InChI is InChI=1S/C12H17N3O3/c1-7-2-11(18-14-7)13-12(17)15-5-9-3-8(6-16)4-10(9)15/h2,8-10,16H,3-6H2,1H3,(H,13,17)/t8-,9+,10+/m1/s1. The van der Waals surface area contributed by atoms with E-state index in [0.717, 1.165) is 25.1 Å². The molecule has 0 radical (unpaired) electrons. The highest BCUT2D eigenvalue weighted by Gasteiger charge is 2.48. The maximum atomic E-state index is 12.0. The summed E-state index contributed by atoms with van der Waals surface area (Å²) in [5, 5.41) is 15.6. The van der Waals surface area contributed by atoms with Crippen LogP contribution in [0.3, 0.4) is 0 Å². The molecule has 0 bridgehead atoms. The first-order valence-corrected chi connectivity index (χ1v) is 6.29. The van der Waals surface area contributed by atoms with Crippen LogP contribution in [-0.2, 0) is 0 Å². The highest BCUT2D eigenvalue weighted by Crippen LogP contribution is 2.42. The number of fused-ring (bicyclic) bond motifs is 1. The Hall–Kier alpha value is -1.56. The Morgan fingerprint density at radius 2 is 2.50 bits per heavy atom. The summed E-state index contributed by atoms with van der Waals surface area (Å²) >= 11 is 0. The zero-order valence-corrected chi connectivity index (χ0v) is 10.3. The molecule has 98 valence electrons. The van der Waals surface area contributed by atoms with E-state index in [-0.39, 0.29) is 18.7 Å². The predicted molar refractivity (Wildman–Crippen MR) is 64.1 cm³/mol. The fourth-order valence-electron chi connectivity index (χ4n) is 3.03. The summed E-state index contributed by atoms with van der Waals surface area (Å²) in [6.45, 7) is 2.81. The molecule has 2 heterocycles. The number of nitrogens with one attached hydrogen (secondary N) is 1. The molecule has 1 saturated heterocycles. The van der Waals surface area contributed by atoms with Crippen molar-refractivity contribution in [1.29, 1.82) is 0 Å². The van der Waals surface area contributed by atoms with Crippen molar-refractivity contribution in [3.8, 4) is 0 Å². The Balaban J connectivity index is 1.58. The van der Waals surface area contributed by atoms with E-state index in [2.05, 4.69) is 10.5 Å². The van der Waals surface area contributed by atoms with E-state index in [0.29, 0.717) is 17.7 Å². The number of likely N-dealkylation sites (tertiary alicyclic amines) is 1. The Morgan fingerprint density at radius 3 is 3.17 bits per heavy atom. The van der Waals surface area contributed by atoms with Crippen LogP contribution < -0.4 is 5.32 Å². The number of nitrogens with zero attached hydrogens (tertiary/aromatic N) is 2. The maximum Gasteiger partial charge on any atom is 0.324 e. The summed E-state index contributed by atoms with van der Waals surface area (Å²) in [4.78, 5) is 13.8. The summed E-state index contributed by atoms with van der Waals surface area (Å²) in [5.41, 5.74) is 0.744. The van der Waals surface area contributed by atoms with Gasteiger partial charge < -0.3 is 14.5 Å². The maximum absolute atomic E-state index is 12.0. The third-order valence-electron chi connectivity index (χ3n) is 3.96. The van der Waals surface area contributed by atoms with Crippen LogP contribution in [0, 0.1) is 18.8 Å². The number of aliphatic hydroxyl groups is 1. The largest absolute Gasteiger partial charge is 0.396 e. The van der Waals surface area contributed by atoms with E-state index in [4.69, 9.17) is 9.63 Å². The van der Waals surface area contributed by atoms with Crippen molar-refractivity contribution >= 4 is 11.9 Å². The van der Waals surface area contributed by atoms with Crippen LogP contribution in [0.2, 0.25) is 0 Å². The van der Waals surface area contributed by atoms with Gasteiger partial charge in [-0.05, 0) is 31.6 Å². The fraction of sp³-hybridized carbons (Fsp3) is 0.667. The van der Waals surface area contributed by atoms with Gasteiger partial charge in [-0.3, -0.25) is 5.32 Å². The van der Waals surface area contributed by atoms with E-state index in [9.17, 15) is 4.79 Å². The first kappa shape index (κ1) is 11.5. The lowest BCUT2D eigenvalue weighted by Crippen LogP contribution is -2.57. The Kier molecular flexibility index (Phi) is 2.74. The lowest BCUT2D eigenvalue weighted by atomic mass is 9.92. The van der Waals surface area contributed by atoms with E-state index in [1.54, 1.807) is 6.07 Å². The van der Waals surface area contributed by atoms with Crippen molar-refractivity contribution in [1.82, 2.24) is 10.1 Å². The van der Waals surface area contributed by atoms with Crippen molar-refractivity contribution in [3.63, 3.8) is 0 Å². The van der Waals surface area contributed by atoms with E-state index < -0.39 is 0 Å². The van der Waals surface area contributed by atoms with Crippen molar-refractivity contribution < 1.29 is 14.4 Å². The third kappa shape index (κ3) is 1.86. The Bertz CT molecular complexity index is 459. The van der Waals surface area contributed by atoms with Gasteiger partial charge in [0.05, 0.1) is 5.69 Å². The second-order valence-electron chi connectivity index (χ2n) is 5.26. The van der Waals surface area contributed by atoms with Crippen molar-refractivity contribution in [2.24, 2.45) is 11.8 Å². The number of urea groups is 1. The first-order chi connectivity index (χ1) is 8.67. The molecule has 18 heavy (non-hydrogen) atoms. The van der Waals surface area contributed by atoms with E-state index in [1.165, 1.54) is 0 Å². The quantitative estimate of drug-likeness (QED) is 0.828. The molecule has 1 aliphatic heterocycles. The molecule has 1 aromatic rings. The minimum Gasteiger partial charge on any atom is -0.396 e. The highest BCUT2D eigenvalue weighted by atomic mass is 16.5. The molecule has 3 atom stereocenters. The molecule has 2 fully saturated rings. The van der Waals surface area contributed by atoms with Gasteiger partial charge in [0.1, 0.15) is 0 Å². The zero-order chi connectivity index (χ0) is 12.7. The lowest BCUT2D eigenvalue weighted by Gasteiger charge is -2.44. The number of hydrogen-bond donors (Lipinski definition) is 2. The topological polar surface area (TPSA) is 78.6 Å². The number of anilines is 1. The van der Waals surface area contributed by atoms with E-state index in [1.807, 2.05) is 11.8 Å². The third-order valence-corrected chi connectivity index (χ3v) is 3.96. The number of amides is 2. The number of carbonyl (C=O) groups is 1. The second kappa shape index (κ2) is 4.28. The second-order valence-corrected chi connectivity index (χ2v) is 5.26. The molecule has 1 saturated carbocycles. The summed E-state index contributed by atoms with van der Waals surface area (Å²) in [7, 11) is 0. The minimum absolute atomic E-state index is 0.133. The van der Waals surface area contributed by atoms with Crippen molar-refractivity contribution in [3.05, 3.63) is 11.8 Å². The molecular weight excluding hydrogens is 234 g/mol. The average molecular weight is 251 g/mol. The van der Waals surface area contributed by atoms with Crippen LogP contribution >= 0.6 is 0 Å². The van der Waals surface area contributed by atoms with Gasteiger partial charge in [-0.1, -0.05) is 5.16 Å². The molecule has 1 aliphatic carbocycles. The molecule has 1 aromatic heterocycles. The van der Waals surface area contributed by atoms with Gasteiger partial charge in [0.25, 0.3) is 0 Å². The lowest BCUT2D eigenvalue weighted by molar-refractivity contribution is 0.0793. The summed E-state index contributed by atoms with van der Waals surface area (Å²) < 4.78 is 4.96. The van der Waals surface area contributed by atoms with Gasteiger partial charge in [-0.15, -0.1) is 0 Å². The van der Waals surface area contributed by atoms with Crippen molar-refractivity contribution in [2.75, 3.05) is 18.5 Å². The Labute approximate surface area is 105 Å². The molecule has 2 aliphatic rings. The molecular formula is C12H17N3O3. The molecule has 0 unspecified atom stereocenters. The van der Waals surface area contributed by atoms with Crippen LogP contribution in [0.5, 0.6) is 0 Å². The summed E-state index contributed by atoms with van der Waals surface area (Å²) in [6, 6.07) is 1.84. The number of aliphatic hydroxyl groups excluding tert-OH is 1. The average Bonchev–Trinajstić information content (AvgIpc) is 2.85. The van der Waals surface area contributed by atoms with E-state index >= 15 is 0 Å². The monoisotopic (exact) mass is 251 g/mol. The van der Waals surface area contributed by atoms with Gasteiger partial charge in [-0.25, -0.2) is 4.79 Å². The smallest absolute Gasteiger partial charge is 0.324 e. The summed E-state index contributed by atoms with van der Waals surface area (Å²) in [5.74, 6) is 1.30. The number of rotatable bonds is 2. The number of aromatic nitrogens is 1. The zero-order valence-electron chi connectivity index (χ0n) is 10.3. The van der Waals surface area contributed by atoms with Gasteiger partial charge in [-0.2, -0.15) is 0 Å². The van der Waals surface area contributed by atoms with Gasteiger partial charge in [0.15, 0.2) is 0 Å². The van der Waals surface area contributed by atoms with Crippen LogP contribution in [-0.4, -0.2) is 40.4 Å². The molecule has 0 aromatic carbocycles. The molecule has 0 spiro atoms. The molecule has 6 nitrogen and oxygen atoms in total. The van der Waals surface area contributed by atoms with Crippen molar-refractivity contribution in [2.45, 2.75) is 25.8 Å². The Morgan fingerprint density at radius 1 is 1.67 bits per heavy atom. The van der Waals surface area contributed by atoms with Crippen LogP contribution in [0.1, 0.15) is 18.5 Å². The van der Waals surface area contributed by atoms with Crippen LogP contribution in [0.15, 0.2) is 10.6 Å². The number of hydrogen-bond acceptors (Lipinski definition) is 4. The molecule has 2 N–H and O–H groups in total.